The highest BCUT2D eigenvalue weighted by Gasteiger charge is 2.26. The molecule has 1 aliphatic rings. The standard InChI is InChI=1S/C23H22N2O4S/c1-4-28-23(27)17-7-5-16(6-8-17)12-25-19-11-18(22-14(2)30-15(3)24-22)9-10-20(19)29-13-21(25)26/h5-11H,4,12-13H2,1-3H3. The highest BCUT2D eigenvalue weighted by atomic mass is 32.1. The Hall–Kier alpha value is -3.19. The van der Waals surface area contributed by atoms with Gasteiger partial charge in [-0.2, -0.15) is 0 Å². The van der Waals surface area contributed by atoms with Crippen molar-refractivity contribution < 1.29 is 19.1 Å². The Labute approximate surface area is 179 Å². The first-order valence-electron chi connectivity index (χ1n) is 9.74. The van der Waals surface area contributed by atoms with E-state index < -0.39 is 0 Å². The molecule has 1 aliphatic heterocycles. The smallest absolute Gasteiger partial charge is 0.338 e. The fourth-order valence-electron chi connectivity index (χ4n) is 3.46. The number of aromatic nitrogens is 1. The van der Waals surface area contributed by atoms with Gasteiger partial charge < -0.3 is 14.4 Å². The van der Waals surface area contributed by atoms with Gasteiger partial charge in [0.05, 0.1) is 35.1 Å². The Balaban J connectivity index is 1.63. The van der Waals surface area contributed by atoms with Crippen molar-refractivity contribution in [3.8, 4) is 17.0 Å². The minimum atomic E-state index is -0.351. The average molecular weight is 423 g/mol. The predicted octanol–water partition coefficient (Wildman–Crippen LogP) is 4.53. The number of thiazole rings is 1. The number of ether oxygens (including phenoxy) is 2. The van der Waals surface area contributed by atoms with Gasteiger partial charge in [0.1, 0.15) is 5.75 Å². The lowest BCUT2D eigenvalue weighted by Crippen LogP contribution is -2.38. The van der Waals surface area contributed by atoms with Crippen molar-refractivity contribution >= 4 is 28.9 Å². The monoisotopic (exact) mass is 422 g/mol. The van der Waals surface area contributed by atoms with Crippen molar-refractivity contribution in [3.05, 3.63) is 63.5 Å². The zero-order chi connectivity index (χ0) is 21.3. The third kappa shape index (κ3) is 3.93. The number of rotatable bonds is 5. The maximum Gasteiger partial charge on any atom is 0.338 e. The summed E-state index contributed by atoms with van der Waals surface area (Å²) < 4.78 is 10.7. The normalized spacial score (nSPS) is 13.0. The summed E-state index contributed by atoms with van der Waals surface area (Å²) >= 11 is 1.65. The van der Waals surface area contributed by atoms with Gasteiger partial charge in [0.25, 0.3) is 5.91 Å². The summed E-state index contributed by atoms with van der Waals surface area (Å²) in [6, 6.07) is 12.9. The predicted molar refractivity (Wildman–Crippen MR) is 116 cm³/mol. The minimum absolute atomic E-state index is 0.00208. The summed E-state index contributed by atoms with van der Waals surface area (Å²) in [6.07, 6.45) is 0. The van der Waals surface area contributed by atoms with Crippen molar-refractivity contribution in [1.82, 2.24) is 4.98 Å². The zero-order valence-corrected chi connectivity index (χ0v) is 17.9. The van der Waals surface area contributed by atoms with Crippen molar-refractivity contribution in [1.29, 1.82) is 0 Å². The van der Waals surface area contributed by atoms with Crippen LogP contribution in [0, 0.1) is 13.8 Å². The summed E-state index contributed by atoms with van der Waals surface area (Å²) in [7, 11) is 0. The number of carbonyl (C=O) groups excluding carboxylic acids is 2. The van der Waals surface area contributed by atoms with Crippen molar-refractivity contribution in [2.24, 2.45) is 0 Å². The molecule has 0 N–H and O–H groups in total. The number of amides is 1. The molecule has 0 atom stereocenters. The Bertz CT molecular complexity index is 1100. The molecule has 0 spiro atoms. The lowest BCUT2D eigenvalue weighted by Gasteiger charge is -2.30. The average Bonchev–Trinajstić information content (AvgIpc) is 3.08. The number of hydrogen-bond donors (Lipinski definition) is 0. The molecule has 0 unspecified atom stereocenters. The van der Waals surface area contributed by atoms with Crippen LogP contribution >= 0.6 is 11.3 Å². The first-order chi connectivity index (χ1) is 14.5. The van der Waals surface area contributed by atoms with Gasteiger partial charge in [-0.3, -0.25) is 4.79 Å². The van der Waals surface area contributed by atoms with Crippen LogP contribution in [0.3, 0.4) is 0 Å². The molecule has 0 saturated heterocycles. The van der Waals surface area contributed by atoms with E-state index >= 15 is 0 Å². The number of carbonyl (C=O) groups is 2. The van der Waals surface area contributed by atoms with Gasteiger partial charge in [0, 0.05) is 10.4 Å². The van der Waals surface area contributed by atoms with Crippen LogP contribution in [0.2, 0.25) is 0 Å². The Kier molecular flexibility index (Phi) is 5.55. The first kappa shape index (κ1) is 20.1. The summed E-state index contributed by atoms with van der Waals surface area (Å²) in [5.41, 5.74) is 4.01. The molecule has 0 bridgehead atoms. The molecule has 1 amide bonds. The molecule has 0 radical (unpaired) electrons. The van der Waals surface area contributed by atoms with Crippen LogP contribution in [0.1, 0.15) is 32.7 Å². The van der Waals surface area contributed by atoms with Crippen molar-refractivity contribution in [2.45, 2.75) is 27.3 Å². The van der Waals surface area contributed by atoms with Crippen LogP contribution in [0.25, 0.3) is 11.3 Å². The fourth-order valence-corrected chi connectivity index (χ4v) is 4.30. The number of esters is 1. The van der Waals surface area contributed by atoms with Crippen molar-refractivity contribution in [3.63, 3.8) is 0 Å². The largest absolute Gasteiger partial charge is 0.482 e. The molecule has 0 saturated carbocycles. The second-order valence-corrected chi connectivity index (χ2v) is 8.41. The van der Waals surface area contributed by atoms with Gasteiger partial charge in [-0.05, 0) is 56.7 Å². The number of aryl methyl sites for hydroxylation is 2. The second kappa shape index (κ2) is 8.28. The van der Waals surface area contributed by atoms with E-state index in [1.807, 2.05) is 44.2 Å². The third-order valence-electron chi connectivity index (χ3n) is 4.88. The molecule has 7 heteroatoms. The van der Waals surface area contributed by atoms with E-state index in [0.29, 0.717) is 24.5 Å². The second-order valence-electron chi connectivity index (χ2n) is 7.01. The van der Waals surface area contributed by atoms with E-state index in [2.05, 4.69) is 4.98 Å². The molecule has 30 heavy (non-hydrogen) atoms. The number of nitrogens with zero attached hydrogens (tertiary/aromatic N) is 2. The van der Waals surface area contributed by atoms with Gasteiger partial charge in [-0.1, -0.05) is 12.1 Å². The lowest BCUT2D eigenvalue weighted by atomic mass is 10.1. The van der Waals surface area contributed by atoms with Crippen LogP contribution < -0.4 is 9.64 Å². The number of benzene rings is 2. The van der Waals surface area contributed by atoms with Crippen LogP contribution in [-0.4, -0.2) is 30.1 Å². The lowest BCUT2D eigenvalue weighted by molar-refractivity contribution is -0.121. The molecular weight excluding hydrogens is 400 g/mol. The summed E-state index contributed by atoms with van der Waals surface area (Å²) in [6.45, 7) is 6.53. The maximum absolute atomic E-state index is 12.7. The molecule has 2 heterocycles. The van der Waals surface area contributed by atoms with Gasteiger partial charge in [-0.15, -0.1) is 11.3 Å². The van der Waals surface area contributed by atoms with E-state index in [1.165, 1.54) is 0 Å². The Morgan fingerprint density at radius 2 is 1.97 bits per heavy atom. The number of hydrogen-bond acceptors (Lipinski definition) is 6. The summed E-state index contributed by atoms with van der Waals surface area (Å²) in [5.74, 6) is 0.210. The fraction of sp³-hybridized carbons (Fsp3) is 0.261. The van der Waals surface area contributed by atoms with Gasteiger partial charge >= 0.3 is 5.97 Å². The van der Waals surface area contributed by atoms with E-state index in [1.54, 1.807) is 35.3 Å². The molecule has 154 valence electrons. The van der Waals surface area contributed by atoms with Gasteiger partial charge in [0.2, 0.25) is 0 Å². The third-order valence-corrected chi connectivity index (χ3v) is 5.77. The SMILES string of the molecule is CCOC(=O)c1ccc(CN2C(=O)COc3ccc(-c4nc(C)sc4C)cc32)cc1. The molecule has 6 nitrogen and oxygen atoms in total. The number of fused-ring (bicyclic) bond motifs is 1. The Morgan fingerprint density at radius 1 is 1.20 bits per heavy atom. The van der Waals surface area contributed by atoms with Crippen LogP contribution in [-0.2, 0) is 16.1 Å². The molecule has 0 fully saturated rings. The van der Waals surface area contributed by atoms with Crippen LogP contribution in [0.15, 0.2) is 42.5 Å². The first-order valence-corrected chi connectivity index (χ1v) is 10.6. The molecule has 2 aromatic carbocycles. The molecule has 0 aliphatic carbocycles. The zero-order valence-electron chi connectivity index (χ0n) is 17.1. The van der Waals surface area contributed by atoms with E-state index in [4.69, 9.17) is 9.47 Å². The van der Waals surface area contributed by atoms with Crippen LogP contribution in [0.5, 0.6) is 5.75 Å². The highest BCUT2D eigenvalue weighted by Crippen LogP contribution is 2.38. The van der Waals surface area contributed by atoms with Gasteiger partial charge in [0.15, 0.2) is 6.61 Å². The van der Waals surface area contributed by atoms with E-state index in [-0.39, 0.29) is 18.5 Å². The maximum atomic E-state index is 12.7. The molecule has 1 aromatic heterocycles. The molecule has 3 aromatic rings. The topological polar surface area (TPSA) is 68.7 Å². The van der Waals surface area contributed by atoms with Gasteiger partial charge in [-0.25, -0.2) is 9.78 Å². The highest BCUT2D eigenvalue weighted by molar-refractivity contribution is 7.11. The quantitative estimate of drug-likeness (QED) is 0.565. The van der Waals surface area contributed by atoms with Crippen molar-refractivity contribution in [2.75, 3.05) is 18.1 Å². The minimum Gasteiger partial charge on any atom is -0.482 e. The number of anilines is 1. The molecule has 4 rings (SSSR count). The Morgan fingerprint density at radius 3 is 2.63 bits per heavy atom. The van der Waals surface area contributed by atoms with E-state index in [0.717, 1.165) is 32.4 Å². The summed E-state index contributed by atoms with van der Waals surface area (Å²) in [4.78, 5) is 32.0. The van der Waals surface area contributed by atoms with Crippen LogP contribution in [0.4, 0.5) is 5.69 Å². The van der Waals surface area contributed by atoms with E-state index in [9.17, 15) is 9.59 Å². The molecular formula is C23H22N2O4S. The summed E-state index contributed by atoms with van der Waals surface area (Å²) in [5, 5.41) is 1.01.